The fraction of sp³-hybridized carbons (Fsp3) is 0.423. The van der Waals surface area contributed by atoms with E-state index in [4.69, 9.17) is 24.9 Å². The second kappa shape index (κ2) is 10.1. The number of morpholine rings is 1. The number of pyridine rings is 2. The highest BCUT2D eigenvalue weighted by molar-refractivity contribution is 7.22. The van der Waals surface area contributed by atoms with Crippen LogP contribution < -0.4 is 15.5 Å². The molecule has 1 amide bonds. The first-order chi connectivity index (χ1) is 18.1. The second-order valence-corrected chi connectivity index (χ2v) is 10.4. The Morgan fingerprint density at radius 3 is 2.51 bits per heavy atom. The molecule has 0 unspecified atom stereocenters. The van der Waals surface area contributed by atoms with Crippen LogP contribution in [0.15, 0.2) is 28.8 Å². The minimum Gasteiger partial charge on any atom is -0.435 e. The average molecular weight is 520 g/mol. The Bertz CT molecular complexity index is 1440. The molecule has 0 radical (unpaired) electrons. The number of rotatable bonds is 5. The van der Waals surface area contributed by atoms with E-state index >= 15 is 0 Å². The molecule has 2 fully saturated rings. The van der Waals surface area contributed by atoms with Crippen LogP contribution in [0.2, 0.25) is 0 Å². The lowest BCUT2D eigenvalue weighted by atomic mass is 10.1. The average Bonchev–Trinajstić information content (AvgIpc) is 3.45. The van der Waals surface area contributed by atoms with E-state index in [1.54, 1.807) is 17.5 Å². The van der Waals surface area contributed by atoms with Crippen LogP contribution in [0.25, 0.3) is 33.1 Å². The number of nitrogens with two attached hydrogens (primary N) is 1. The minimum absolute atomic E-state index is 0.0969. The number of carbonyl (C=O) groups is 1. The third-order valence-corrected chi connectivity index (χ3v) is 7.84. The molecule has 4 aromatic rings. The Balaban J connectivity index is 1.51. The number of hydrogen-bond acceptors (Lipinski definition) is 10. The quantitative estimate of drug-likeness (QED) is 0.416. The first kappa shape index (κ1) is 23.8. The number of hydrogen-bond donors (Lipinski definition) is 1. The van der Waals surface area contributed by atoms with E-state index in [0.717, 1.165) is 65.9 Å². The Morgan fingerprint density at radius 1 is 1.00 bits per heavy atom. The fourth-order valence-corrected chi connectivity index (χ4v) is 5.89. The molecule has 0 saturated carbocycles. The lowest BCUT2D eigenvalue weighted by Gasteiger charge is -2.25. The minimum atomic E-state index is -0.643. The molecular formula is C26H29N7O3S. The predicted molar refractivity (Wildman–Crippen MR) is 143 cm³/mol. The zero-order chi connectivity index (χ0) is 25.4. The molecule has 0 aromatic carbocycles. The Kier molecular flexibility index (Phi) is 6.47. The highest BCUT2D eigenvalue weighted by atomic mass is 32.1. The number of primary amides is 1. The summed E-state index contributed by atoms with van der Waals surface area (Å²) in [4.78, 5) is 35.7. The molecule has 2 aliphatic rings. The van der Waals surface area contributed by atoms with Gasteiger partial charge < -0.3 is 24.7 Å². The number of fused-ring (bicyclic) bond motifs is 1. The predicted octanol–water partition coefficient (Wildman–Crippen LogP) is 4.03. The van der Waals surface area contributed by atoms with Crippen molar-refractivity contribution in [1.82, 2.24) is 19.9 Å². The van der Waals surface area contributed by atoms with Crippen LogP contribution in [-0.2, 0) is 4.74 Å². The third kappa shape index (κ3) is 4.76. The first-order valence-electron chi connectivity index (χ1n) is 12.7. The summed E-state index contributed by atoms with van der Waals surface area (Å²) in [7, 11) is 0. The number of carbonyl (C=O) groups excluding carboxylic acids is 1. The molecular weight excluding hydrogens is 490 g/mol. The number of amides is 1. The van der Waals surface area contributed by atoms with Crippen LogP contribution in [0.3, 0.4) is 0 Å². The molecule has 2 saturated heterocycles. The van der Waals surface area contributed by atoms with Crippen molar-refractivity contribution in [2.45, 2.75) is 32.6 Å². The van der Waals surface area contributed by atoms with Gasteiger partial charge >= 0.3 is 0 Å². The van der Waals surface area contributed by atoms with Crippen molar-refractivity contribution in [3.63, 3.8) is 0 Å². The van der Waals surface area contributed by atoms with Crippen molar-refractivity contribution in [1.29, 1.82) is 0 Å². The molecule has 0 bridgehead atoms. The topological polar surface area (TPSA) is 124 Å². The Labute approximate surface area is 218 Å². The SMILES string of the molecule is Cc1cc(-c2nc(C(N)=O)c(-c3cc4sc(N5CCOCC5)nc4nc3N3CCCCCC3)o2)ccn1. The molecule has 192 valence electrons. The maximum Gasteiger partial charge on any atom is 0.271 e. The maximum absolute atomic E-state index is 12.5. The number of aryl methyl sites for hydroxylation is 1. The van der Waals surface area contributed by atoms with Gasteiger partial charge in [-0.3, -0.25) is 9.78 Å². The summed E-state index contributed by atoms with van der Waals surface area (Å²) < 4.78 is 12.7. The van der Waals surface area contributed by atoms with Crippen molar-refractivity contribution in [3.05, 3.63) is 35.8 Å². The number of nitrogens with zero attached hydrogens (tertiary/aromatic N) is 6. The summed E-state index contributed by atoms with van der Waals surface area (Å²) in [5, 5.41) is 0.922. The van der Waals surface area contributed by atoms with E-state index in [9.17, 15) is 4.79 Å². The van der Waals surface area contributed by atoms with Crippen molar-refractivity contribution in [3.8, 4) is 22.8 Å². The van der Waals surface area contributed by atoms with Gasteiger partial charge in [-0.1, -0.05) is 24.2 Å². The van der Waals surface area contributed by atoms with E-state index in [1.165, 1.54) is 12.8 Å². The van der Waals surface area contributed by atoms with Crippen LogP contribution in [-0.4, -0.2) is 65.2 Å². The van der Waals surface area contributed by atoms with E-state index in [0.29, 0.717) is 36.1 Å². The second-order valence-electron chi connectivity index (χ2n) is 9.43. The summed E-state index contributed by atoms with van der Waals surface area (Å²) in [6, 6.07) is 5.70. The number of thiazole rings is 1. The molecule has 0 spiro atoms. The zero-order valence-electron chi connectivity index (χ0n) is 20.8. The van der Waals surface area contributed by atoms with Gasteiger partial charge in [0.2, 0.25) is 5.89 Å². The molecule has 4 aromatic heterocycles. The molecule has 2 aliphatic heterocycles. The van der Waals surface area contributed by atoms with Gasteiger partial charge in [-0.05, 0) is 38.0 Å². The number of aromatic nitrogens is 4. The summed E-state index contributed by atoms with van der Waals surface area (Å²) in [6.07, 6.45) is 6.23. The molecule has 0 atom stereocenters. The van der Waals surface area contributed by atoms with Gasteiger partial charge in [0.1, 0.15) is 5.82 Å². The summed E-state index contributed by atoms with van der Waals surface area (Å²) >= 11 is 1.58. The van der Waals surface area contributed by atoms with Gasteiger partial charge in [-0.25, -0.2) is 9.97 Å². The normalized spacial score (nSPS) is 16.8. The largest absolute Gasteiger partial charge is 0.435 e. The van der Waals surface area contributed by atoms with Crippen molar-refractivity contribution < 1.29 is 13.9 Å². The Hall–Kier alpha value is -3.57. The lowest BCUT2D eigenvalue weighted by Crippen LogP contribution is -2.36. The highest BCUT2D eigenvalue weighted by Crippen LogP contribution is 2.40. The van der Waals surface area contributed by atoms with Gasteiger partial charge in [0, 0.05) is 43.6 Å². The third-order valence-electron chi connectivity index (χ3n) is 6.79. The molecule has 6 rings (SSSR count). The molecule has 37 heavy (non-hydrogen) atoms. The number of oxazole rings is 1. The fourth-order valence-electron chi connectivity index (χ4n) is 4.90. The molecule has 10 nitrogen and oxygen atoms in total. The standard InChI is InChI=1S/C26H29N7O3S/c1-16-14-17(6-7-28-16)25-29-20(22(27)34)21(36-25)18-15-19-23(30-24(18)32-8-4-2-3-5-9-32)31-26(37-19)33-10-12-35-13-11-33/h6-7,14-15H,2-5,8-13H2,1H3,(H2,27,34). The summed E-state index contributed by atoms with van der Waals surface area (Å²) in [5.41, 5.74) is 8.87. The lowest BCUT2D eigenvalue weighted by molar-refractivity contribution is 0.0996. The van der Waals surface area contributed by atoms with E-state index in [2.05, 4.69) is 19.8 Å². The van der Waals surface area contributed by atoms with Crippen LogP contribution in [0.1, 0.15) is 41.9 Å². The number of ether oxygens (including phenoxy) is 1. The van der Waals surface area contributed by atoms with Gasteiger partial charge in [0.25, 0.3) is 5.91 Å². The van der Waals surface area contributed by atoms with E-state index < -0.39 is 5.91 Å². The van der Waals surface area contributed by atoms with E-state index in [1.807, 2.05) is 25.1 Å². The van der Waals surface area contributed by atoms with Gasteiger partial charge in [0.05, 0.1) is 23.5 Å². The van der Waals surface area contributed by atoms with Gasteiger partial charge in [-0.15, -0.1) is 0 Å². The molecule has 6 heterocycles. The van der Waals surface area contributed by atoms with Crippen LogP contribution >= 0.6 is 11.3 Å². The molecule has 11 heteroatoms. The van der Waals surface area contributed by atoms with Crippen LogP contribution in [0, 0.1) is 6.92 Å². The summed E-state index contributed by atoms with van der Waals surface area (Å²) in [5.74, 6) is 0.779. The number of anilines is 2. The van der Waals surface area contributed by atoms with Crippen molar-refractivity contribution in [2.75, 3.05) is 49.2 Å². The van der Waals surface area contributed by atoms with Crippen molar-refractivity contribution >= 4 is 38.5 Å². The summed E-state index contributed by atoms with van der Waals surface area (Å²) in [6.45, 7) is 6.62. The zero-order valence-corrected chi connectivity index (χ0v) is 21.6. The highest BCUT2D eigenvalue weighted by Gasteiger charge is 2.28. The van der Waals surface area contributed by atoms with Crippen LogP contribution in [0.5, 0.6) is 0 Å². The maximum atomic E-state index is 12.5. The molecule has 0 aliphatic carbocycles. The monoisotopic (exact) mass is 519 g/mol. The Morgan fingerprint density at radius 2 is 1.78 bits per heavy atom. The van der Waals surface area contributed by atoms with Crippen LogP contribution in [0.4, 0.5) is 10.9 Å². The van der Waals surface area contributed by atoms with Gasteiger partial charge in [-0.2, -0.15) is 4.98 Å². The van der Waals surface area contributed by atoms with E-state index in [-0.39, 0.29) is 5.69 Å². The van der Waals surface area contributed by atoms with Crippen molar-refractivity contribution in [2.24, 2.45) is 5.73 Å². The first-order valence-corrected chi connectivity index (χ1v) is 13.5. The smallest absolute Gasteiger partial charge is 0.271 e. The molecule has 2 N–H and O–H groups in total. The van der Waals surface area contributed by atoms with Gasteiger partial charge in [0.15, 0.2) is 22.2 Å².